The van der Waals surface area contributed by atoms with Crippen molar-refractivity contribution < 1.29 is 0 Å². The van der Waals surface area contributed by atoms with Crippen LogP contribution in [0.2, 0.25) is 0 Å². The van der Waals surface area contributed by atoms with Gasteiger partial charge in [-0.25, -0.2) is 4.99 Å². The summed E-state index contributed by atoms with van der Waals surface area (Å²) >= 11 is 13.2. The van der Waals surface area contributed by atoms with Gasteiger partial charge in [0.1, 0.15) is 16.8 Å². The van der Waals surface area contributed by atoms with E-state index in [2.05, 4.69) is 4.99 Å². The molecule has 0 saturated carbocycles. The molecule has 0 bridgehead atoms. The normalized spacial score (nSPS) is 16.2. The van der Waals surface area contributed by atoms with Gasteiger partial charge in [0.25, 0.3) is 0 Å². The zero-order chi connectivity index (χ0) is 7.84. The van der Waals surface area contributed by atoms with Crippen LogP contribution in [0.1, 0.15) is 5.56 Å². The minimum absolute atomic E-state index is 0.438. The van der Waals surface area contributed by atoms with Gasteiger partial charge in [-0.15, -0.1) is 11.3 Å². The van der Waals surface area contributed by atoms with E-state index in [1.165, 1.54) is 0 Å². The molecule has 1 aromatic rings. The number of anilines is 1. The van der Waals surface area contributed by atoms with Gasteiger partial charge in [0.05, 0.1) is 0 Å². The molecule has 0 aromatic carbocycles. The first-order valence-corrected chi connectivity index (χ1v) is 4.60. The van der Waals surface area contributed by atoms with Crippen molar-refractivity contribution >= 4 is 44.9 Å². The second-order valence-electron chi connectivity index (χ2n) is 2.09. The Morgan fingerprint density at radius 1 is 1.64 bits per heavy atom. The van der Waals surface area contributed by atoms with Crippen LogP contribution in [0.3, 0.4) is 0 Å². The maximum atomic E-state index is 5.83. The second kappa shape index (κ2) is 2.66. The third-order valence-corrected chi connectivity index (χ3v) is 3.06. The highest BCUT2D eigenvalue weighted by Gasteiger charge is 2.18. The molecule has 2 nitrogen and oxygen atoms in total. The average molecular weight is 207 g/mol. The van der Waals surface area contributed by atoms with E-state index in [1.807, 2.05) is 11.4 Å². The van der Waals surface area contributed by atoms with Gasteiger partial charge in [-0.2, -0.15) is 0 Å². The van der Waals surface area contributed by atoms with Crippen LogP contribution in [-0.2, 0) is 0 Å². The molecule has 2 rings (SSSR count). The van der Waals surface area contributed by atoms with Crippen LogP contribution >= 0.6 is 34.7 Å². The molecule has 0 aliphatic carbocycles. The number of hydrogen-bond acceptors (Lipinski definition) is 3. The topological polar surface area (TPSA) is 15.6 Å². The van der Waals surface area contributed by atoms with E-state index in [9.17, 15) is 0 Å². The zero-order valence-corrected chi connectivity index (χ0v) is 7.75. The van der Waals surface area contributed by atoms with Crippen LogP contribution in [-0.4, -0.2) is 11.8 Å². The largest absolute Gasteiger partial charge is 0.254 e. The molecule has 11 heavy (non-hydrogen) atoms. The van der Waals surface area contributed by atoms with Gasteiger partial charge < -0.3 is 0 Å². The van der Waals surface area contributed by atoms with Crippen molar-refractivity contribution in [1.29, 1.82) is 0 Å². The fourth-order valence-electron chi connectivity index (χ4n) is 0.920. The highest BCUT2D eigenvalue weighted by molar-refractivity contribution is 7.15. The average Bonchev–Trinajstić information content (AvgIpc) is 2.45. The van der Waals surface area contributed by atoms with Crippen LogP contribution in [0.25, 0.3) is 0 Å². The summed E-state index contributed by atoms with van der Waals surface area (Å²) in [6.07, 6.45) is 0. The Morgan fingerprint density at radius 3 is 3.18 bits per heavy atom. The van der Waals surface area contributed by atoms with Crippen molar-refractivity contribution in [3.63, 3.8) is 0 Å². The lowest BCUT2D eigenvalue weighted by Gasteiger charge is -2.17. The predicted octanol–water partition coefficient (Wildman–Crippen LogP) is 2.66. The number of fused-ring (bicyclic) bond motifs is 1. The molecule has 0 spiro atoms. The minimum atomic E-state index is 0.438. The molecule has 0 N–H and O–H groups in total. The van der Waals surface area contributed by atoms with Crippen molar-refractivity contribution in [2.75, 3.05) is 11.1 Å². The first-order valence-electron chi connectivity index (χ1n) is 3.00. The smallest absolute Gasteiger partial charge is 0.135 e. The molecular formula is C6H4Cl2N2S. The van der Waals surface area contributed by atoms with Gasteiger partial charge >= 0.3 is 0 Å². The summed E-state index contributed by atoms with van der Waals surface area (Å²) in [5.41, 5.74) is 0.929. The molecule has 0 atom stereocenters. The molecule has 0 unspecified atom stereocenters. The summed E-state index contributed by atoms with van der Waals surface area (Å²) in [6.45, 7) is 0.438. The minimum Gasteiger partial charge on any atom is -0.254 e. The molecule has 5 heteroatoms. The molecule has 0 fully saturated rings. The highest BCUT2D eigenvalue weighted by atomic mass is 35.5. The summed E-state index contributed by atoms with van der Waals surface area (Å²) in [6, 6.07) is 1.92. The summed E-state index contributed by atoms with van der Waals surface area (Å²) in [4.78, 5) is 4.01. The van der Waals surface area contributed by atoms with Gasteiger partial charge in [-0.1, -0.05) is 11.6 Å². The Balaban J connectivity index is 2.55. The number of hydrogen-bond donors (Lipinski definition) is 0. The molecular weight excluding hydrogens is 203 g/mol. The summed E-state index contributed by atoms with van der Waals surface area (Å²) in [5, 5.41) is 3.48. The number of rotatable bonds is 0. The van der Waals surface area contributed by atoms with Gasteiger partial charge in [-0.3, -0.25) is 4.42 Å². The Labute approximate surface area is 78.2 Å². The molecule has 2 heterocycles. The number of halogens is 2. The van der Waals surface area contributed by atoms with E-state index in [0.29, 0.717) is 11.8 Å². The maximum absolute atomic E-state index is 5.83. The second-order valence-corrected chi connectivity index (χ2v) is 3.75. The Kier molecular flexibility index (Phi) is 1.79. The van der Waals surface area contributed by atoms with Gasteiger partial charge in [0.15, 0.2) is 0 Å². The number of aliphatic imine (C=N–C) groups is 1. The molecule has 0 radical (unpaired) electrons. The van der Waals surface area contributed by atoms with E-state index < -0.39 is 0 Å². The van der Waals surface area contributed by atoms with E-state index in [0.717, 1.165) is 10.6 Å². The van der Waals surface area contributed by atoms with Crippen LogP contribution in [0.15, 0.2) is 16.4 Å². The van der Waals surface area contributed by atoms with Gasteiger partial charge in [-0.05, 0) is 11.4 Å². The zero-order valence-electron chi connectivity index (χ0n) is 5.42. The third kappa shape index (κ3) is 1.13. The maximum Gasteiger partial charge on any atom is 0.135 e. The monoisotopic (exact) mass is 206 g/mol. The van der Waals surface area contributed by atoms with Crippen molar-refractivity contribution in [1.82, 2.24) is 0 Å². The molecule has 58 valence electrons. The van der Waals surface area contributed by atoms with Crippen LogP contribution in [0, 0.1) is 0 Å². The van der Waals surface area contributed by atoms with Crippen LogP contribution in [0.4, 0.5) is 5.00 Å². The van der Waals surface area contributed by atoms with Crippen molar-refractivity contribution in [2.45, 2.75) is 0 Å². The first kappa shape index (κ1) is 7.40. The van der Waals surface area contributed by atoms with Crippen molar-refractivity contribution in [2.24, 2.45) is 4.99 Å². The molecule has 1 aliphatic heterocycles. The molecule has 0 amide bonds. The fourth-order valence-corrected chi connectivity index (χ4v) is 2.24. The quantitative estimate of drug-likeness (QED) is 0.597. The summed E-state index contributed by atoms with van der Waals surface area (Å²) in [7, 11) is 0. The Morgan fingerprint density at radius 2 is 2.45 bits per heavy atom. The van der Waals surface area contributed by atoms with E-state index in [1.54, 1.807) is 15.8 Å². The predicted molar refractivity (Wildman–Crippen MR) is 49.9 cm³/mol. The lowest BCUT2D eigenvalue weighted by Crippen LogP contribution is -2.16. The highest BCUT2D eigenvalue weighted by Crippen LogP contribution is 2.33. The summed E-state index contributed by atoms with van der Waals surface area (Å²) < 4.78 is 1.56. The summed E-state index contributed by atoms with van der Waals surface area (Å²) in [5.74, 6) is 0. The van der Waals surface area contributed by atoms with Gasteiger partial charge in [0.2, 0.25) is 0 Å². The van der Waals surface area contributed by atoms with E-state index >= 15 is 0 Å². The number of thiophene rings is 1. The SMILES string of the molecule is ClC1=NCN(Cl)c2sccc21. The van der Waals surface area contributed by atoms with E-state index in [4.69, 9.17) is 23.4 Å². The standard InChI is InChI=1S/C6H4Cl2N2S/c7-5-4-1-2-11-6(4)10(8)3-9-5/h1-2H,3H2. The van der Waals surface area contributed by atoms with Crippen molar-refractivity contribution in [3.05, 3.63) is 17.0 Å². The molecule has 1 aromatic heterocycles. The van der Waals surface area contributed by atoms with Gasteiger partial charge in [0, 0.05) is 17.3 Å². The Bertz CT molecular complexity index is 307. The van der Waals surface area contributed by atoms with E-state index in [-0.39, 0.29) is 0 Å². The van der Waals surface area contributed by atoms with Crippen LogP contribution < -0.4 is 4.42 Å². The first-order chi connectivity index (χ1) is 5.29. The molecule has 0 saturated heterocycles. The van der Waals surface area contributed by atoms with Crippen LogP contribution in [0.5, 0.6) is 0 Å². The lowest BCUT2D eigenvalue weighted by atomic mass is 10.3. The molecule has 1 aliphatic rings. The fraction of sp³-hybridized carbons (Fsp3) is 0.167. The number of nitrogens with zero attached hydrogens (tertiary/aromatic N) is 2. The lowest BCUT2D eigenvalue weighted by molar-refractivity contribution is 1.04. The third-order valence-electron chi connectivity index (χ3n) is 1.42. The Hall–Kier alpha value is -0.250. The van der Waals surface area contributed by atoms with Crippen molar-refractivity contribution in [3.8, 4) is 0 Å².